The highest BCUT2D eigenvalue weighted by Gasteiger charge is 2.48. The van der Waals surface area contributed by atoms with Crippen LogP contribution in [0.3, 0.4) is 0 Å². The van der Waals surface area contributed by atoms with Crippen LogP contribution in [0, 0.1) is 23.2 Å². The molecule has 0 bridgehead atoms. The molecular formula is C27H34ClN3O. The molecule has 0 amide bonds. The Hall–Kier alpha value is -2.12. The van der Waals surface area contributed by atoms with Crippen molar-refractivity contribution >= 4 is 17.9 Å². The van der Waals surface area contributed by atoms with Gasteiger partial charge in [0, 0.05) is 13.0 Å². The summed E-state index contributed by atoms with van der Waals surface area (Å²) >= 11 is 6.25. The van der Waals surface area contributed by atoms with E-state index in [4.69, 9.17) is 11.6 Å². The van der Waals surface area contributed by atoms with Crippen molar-refractivity contribution in [2.45, 2.75) is 89.5 Å². The molecule has 0 unspecified atom stereocenters. The summed E-state index contributed by atoms with van der Waals surface area (Å²) in [6, 6.07) is 11.5. The third-order valence-electron chi connectivity index (χ3n) is 7.86. The van der Waals surface area contributed by atoms with Crippen LogP contribution in [0.25, 0.3) is 0 Å². The Labute approximate surface area is 197 Å². The fourth-order valence-corrected chi connectivity index (χ4v) is 6.42. The van der Waals surface area contributed by atoms with E-state index in [1.54, 1.807) is 0 Å². The number of aryl methyl sites for hydroxylation is 1. The Morgan fingerprint density at radius 2 is 1.72 bits per heavy atom. The van der Waals surface area contributed by atoms with Crippen LogP contribution in [-0.2, 0) is 18.4 Å². The van der Waals surface area contributed by atoms with Gasteiger partial charge in [0.25, 0.3) is 0 Å². The van der Waals surface area contributed by atoms with Gasteiger partial charge in [-0.25, -0.2) is 4.98 Å². The van der Waals surface area contributed by atoms with Crippen LogP contribution in [0.15, 0.2) is 24.3 Å². The van der Waals surface area contributed by atoms with Crippen LogP contribution >= 0.6 is 11.6 Å². The van der Waals surface area contributed by atoms with Crippen LogP contribution in [0.1, 0.15) is 98.6 Å². The highest BCUT2D eigenvalue weighted by molar-refractivity contribution is 6.31. The predicted octanol–water partition coefficient (Wildman–Crippen LogP) is 6.88. The van der Waals surface area contributed by atoms with Gasteiger partial charge in [-0.3, -0.25) is 4.79 Å². The maximum absolute atomic E-state index is 11.7. The normalized spacial score (nSPS) is 17.7. The minimum atomic E-state index is -0.357. The van der Waals surface area contributed by atoms with Gasteiger partial charge in [-0.2, -0.15) is 5.26 Å². The summed E-state index contributed by atoms with van der Waals surface area (Å²) in [5.74, 6) is 1.80. The van der Waals surface area contributed by atoms with Gasteiger partial charge in [-0.15, -0.1) is 0 Å². The van der Waals surface area contributed by atoms with Crippen molar-refractivity contribution in [1.82, 2.24) is 9.55 Å². The number of hydrogen-bond acceptors (Lipinski definition) is 3. The van der Waals surface area contributed by atoms with E-state index in [0.717, 1.165) is 36.9 Å². The largest absolute Gasteiger partial charge is 0.320 e. The molecule has 2 saturated carbocycles. The first-order valence-corrected chi connectivity index (χ1v) is 12.7. The van der Waals surface area contributed by atoms with Crippen LogP contribution in [0.4, 0.5) is 0 Å². The lowest BCUT2D eigenvalue weighted by atomic mass is 9.62. The molecule has 2 aliphatic rings. The van der Waals surface area contributed by atoms with Gasteiger partial charge in [-0.1, -0.05) is 74.9 Å². The van der Waals surface area contributed by atoms with E-state index in [2.05, 4.69) is 42.2 Å². The topological polar surface area (TPSA) is 58.7 Å². The number of carbonyl (C=O) groups is 1. The summed E-state index contributed by atoms with van der Waals surface area (Å²) in [4.78, 5) is 16.1. The van der Waals surface area contributed by atoms with Gasteiger partial charge in [0.05, 0.1) is 11.5 Å². The number of benzene rings is 1. The quantitative estimate of drug-likeness (QED) is 0.390. The molecule has 4 nitrogen and oxygen atoms in total. The summed E-state index contributed by atoms with van der Waals surface area (Å²) in [6.07, 6.45) is 13.3. The zero-order chi connectivity index (χ0) is 22.6. The van der Waals surface area contributed by atoms with Gasteiger partial charge < -0.3 is 4.57 Å². The van der Waals surface area contributed by atoms with Crippen molar-refractivity contribution in [2.75, 3.05) is 0 Å². The molecule has 5 heteroatoms. The molecule has 2 aromatic rings. The lowest BCUT2D eigenvalue weighted by Crippen LogP contribution is -2.39. The third-order valence-corrected chi connectivity index (χ3v) is 8.14. The summed E-state index contributed by atoms with van der Waals surface area (Å²) < 4.78 is 1.95. The van der Waals surface area contributed by atoms with E-state index in [9.17, 15) is 10.1 Å². The van der Waals surface area contributed by atoms with Crippen molar-refractivity contribution in [3.05, 3.63) is 52.1 Å². The Bertz CT molecular complexity index is 944. The van der Waals surface area contributed by atoms with Crippen LogP contribution in [0.5, 0.6) is 0 Å². The van der Waals surface area contributed by atoms with E-state index in [1.807, 2.05) is 4.57 Å². The Balaban J connectivity index is 1.64. The zero-order valence-electron chi connectivity index (χ0n) is 19.2. The van der Waals surface area contributed by atoms with Crippen molar-refractivity contribution in [2.24, 2.45) is 11.8 Å². The van der Waals surface area contributed by atoms with E-state index in [1.165, 1.54) is 56.9 Å². The number of rotatable bonds is 9. The molecule has 0 atom stereocenters. The smallest absolute Gasteiger partial charge is 0.169 e. The third kappa shape index (κ3) is 4.25. The first kappa shape index (κ1) is 23.1. The Morgan fingerprint density at radius 1 is 1.12 bits per heavy atom. The summed E-state index contributed by atoms with van der Waals surface area (Å²) in [7, 11) is 0. The number of hydrogen-bond donors (Lipinski definition) is 0. The maximum Gasteiger partial charge on any atom is 0.169 e. The van der Waals surface area contributed by atoms with Gasteiger partial charge in [0.2, 0.25) is 0 Å². The number of aromatic nitrogens is 2. The van der Waals surface area contributed by atoms with E-state index >= 15 is 0 Å². The number of unbranched alkanes of at least 4 members (excludes halogenated alkanes) is 1. The number of aldehydes is 1. The molecule has 0 spiro atoms. The van der Waals surface area contributed by atoms with Gasteiger partial charge in [0.15, 0.2) is 11.4 Å². The second-order valence-electron chi connectivity index (χ2n) is 9.65. The molecule has 0 saturated heterocycles. The number of nitrogens with zero attached hydrogens (tertiary/aromatic N) is 3. The molecule has 1 aromatic heterocycles. The fourth-order valence-electron chi connectivity index (χ4n) is 6.18. The molecule has 1 heterocycles. The first-order valence-electron chi connectivity index (χ1n) is 12.3. The van der Waals surface area contributed by atoms with Crippen molar-refractivity contribution < 1.29 is 4.79 Å². The van der Waals surface area contributed by atoms with Crippen molar-refractivity contribution in [3.63, 3.8) is 0 Å². The molecular weight excluding hydrogens is 418 g/mol. The molecule has 2 aliphatic carbocycles. The SMILES string of the molecule is CCCCc1nc(Cl)c(C=O)n1Cc1ccc(C(C#N)(C2CCCC2)C2CCCC2)cc1. The van der Waals surface area contributed by atoms with Crippen LogP contribution in [-0.4, -0.2) is 15.8 Å². The number of carbonyl (C=O) groups excluding carboxylic acids is 1. The molecule has 1 aromatic carbocycles. The zero-order valence-corrected chi connectivity index (χ0v) is 19.9. The minimum absolute atomic E-state index is 0.286. The molecule has 4 rings (SSSR count). The van der Waals surface area contributed by atoms with Gasteiger partial charge >= 0.3 is 0 Å². The lowest BCUT2D eigenvalue weighted by Gasteiger charge is -2.39. The van der Waals surface area contributed by atoms with E-state index < -0.39 is 0 Å². The Kier molecular flexibility index (Phi) is 7.36. The molecule has 0 N–H and O–H groups in total. The number of imidazole rings is 1. The standard InChI is InChI=1S/C27H34ClN3O/c1-2-3-12-25-30-26(28)24(18-32)31(25)17-20-13-15-23(16-14-20)27(19-29,21-8-4-5-9-21)22-10-6-7-11-22/h13-16,18,21-22H,2-12,17H2,1H3. The predicted molar refractivity (Wildman–Crippen MR) is 128 cm³/mol. The average molecular weight is 452 g/mol. The average Bonchev–Trinajstić information content (AvgIpc) is 3.58. The first-order chi connectivity index (χ1) is 15.6. The minimum Gasteiger partial charge on any atom is -0.320 e. The van der Waals surface area contributed by atoms with Gasteiger partial charge in [-0.05, 0) is 55.1 Å². The molecule has 0 radical (unpaired) electrons. The van der Waals surface area contributed by atoms with Crippen molar-refractivity contribution in [3.8, 4) is 6.07 Å². The van der Waals surface area contributed by atoms with Crippen LogP contribution < -0.4 is 0 Å². The van der Waals surface area contributed by atoms with Crippen molar-refractivity contribution in [1.29, 1.82) is 5.26 Å². The van der Waals surface area contributed by atoms with Gasteiger partial charge in [0.1, 0.15) is 11.5 Å². The molecule has 0 aliphatic heterocycles. The van der Waals surface area contributed by atoms with E-state index in [-0.39, 0.29) is 10.6 Å². The Morgan fingerprint density at radius 3 is 2.22 bits per heavy atom. The fraction of sp³-hybridized carbons (Fsp3) is 0.593. The molecule has 170 valence electrons. The van der Waals surface area contributed by atoms with Crippen LogP contribution in [0.2, 0.25) is 5.15 Å². The summed E-state index contributed by atoms with van der Waals surface area (Å²) in [5.41, 5.74) is 2.39. The monoisotopic (exact) mass is 451 g/mol. The maximum atomic E-state index is 11.7. The highest BCUT2D eigenvalue weighted by Crippen LogP contribution is 2.51. The number of halogens is 1. The summed E-state index contributed by atoms with van der Waals surface area (Å²) in [5, 5.41) is 10.8. The highest BCUT2D eigenvalue weighted by atomic mass is 35.5. The van der Waals surface area contributed by atoms with E-state index in [0.29, 0.717) is 24.1 Å². The molecule has 32 heavy (non-hydrogen) atoms. The second-order valence-corrected chi connectivity index (χ2v) is 10.0. The summed E-state index contributed by atoms with van der Waals surface area (Å²) in [6.45, 7) is 2.71. The molecule has 2 fully saturated rings. The lowest BCUT2D eigenvalue weighted by molar-refractivity contribution is 0.111. The second kappa shape index (κ2) is 10.2. The number of nitriles is 1.